The Morgan fingerprint density at radius 3 is 2.11 bits per heavy atom. The smallest absolute Gasteiger partial charge is 0.258 e. The van der Waals surface area contributed by atoms with Crippen molar-refractivity contribution in [3.63, 3.8) is 0 Å². The fraction of sp³-hybridized carbons (Fsp3) is 0.300. The Labute approximate surface area is 174 Å². The van der Waals surface area contributed by atoms with Gasteiger partial charge in [0.2, 0.25) is 0 Å². The average Bonchev–Trinajstić information content (AvgIpc) is 2.65. The Hall–Kier alpha value is -2.44. The number of hydrogen-bond acceptors (Lipinski definition) is 4. The SMILES string of the molecule is Cc1cccc(OCC(=O)NCCNC(=O)COc2ccc(Cl)cc2Cl)c1C. The van der Waals surface area contributed by atoms with Gasteiger partial charge in [0.1, 0.15) is 11.5 Å². The van der Waals surface area contributed by atoms with E-state index in [-0.39, 0.29) is 38.1 Å². The van der Waals surface area contributed by atoms with E-state index >= 15 is 0 Å². The van der Waals surface area contributed by atoms with Gasteiger partial charge in [-0.1, -0.05) is 35.3 Å². The van der Waals surface area contributed by atoms with Crippen molar-refractivity contribution in [2.45, 2.75) is 13.8 Å². The van der Waals surface area contributed by atoms with Crippen molar-refractivity contribution < 1.29 is 19.1 Å². The first-order valence-corrected chi connectivity index (χ1v) is 9.42. The summed E-state index contributed by atoms with van der Waals surface area (Å²) in [5.41, 5.74) is 2.10. The maximum Gasteiger partial charge on any atom is 0.258 e. The van der Waals surface area contributed by atoms with Crippen molar-refractivity contribution >= 4 is 35.0 Å². The Morgan fingerprint density at radius 1 is 0.893 bits per heavy atom. The fourth-order valence-corrected chi connectivity index (χ4v) is 2.73. The van der Waals surface area contributed by atoms with Crippen LogP contribution >= 0.6 is 23.2 Å². The number of aryl methyl sites for hydroxylation is 1. The van der Waals surface area contributed by atoms with Crippen LogP contribution in [0.15, 0.2) is 36.4 Å². The molecule has 0 saturated heterocycles. The minimum absolute atomic E-state index is 0.0869. The second kappa shape index (κ2) is 10.8. The van der Waals surface area contributed by atoms with Gasteiger partial charge in [-0.05, 0) is 49.2 Å². The molecule has 0 aliphatic carbocycles. The van der Waals surface area contributed by atoms with Crippen molar-refractivity contribution in [3.8, 4) is 11.5 Å². The highest BCUT2D eigenvalue weighted by Crippen LogP contribution is 2.27. The standard InChI is InChI=1S/C20H22Cl2N2O4/c1-13-4-3-5-17(14(13)2)27-11-19(25)23-8-9-24-20(26)12-28-18-7-6-15(21)10-16(18)22/h3-7,10H,8-9,11-12H2,1-2H3,(H,23,25)(H,24,26). The van der Waals surface area contributed by atoms with Crippen molar-refractivity contribution in [1.82, 2.24) is 10.6 Å². The first-order valence-electron chi connectivity index (χ1n) is 8.67. The lowest BCUT2D eigenvalue weighted by Crippen LogP contribution is -2.38. The molecule has 0 saturated carbocycles. The molecule has 0 unspecified atom stereocenters. The molecule has 2 rings (SSSR count). The van der Waals surface area contributed by atoms with E-state index in [4.69, 9.17) is 32.7 Å². The molecule has 2 N–H and O–H groups in total. The number of nitrogens with one attached hydrogen (secondary N) is 2. The van der Waals surface area contributed by atoms with Crippen LogP contribution < -0.4 is 20.1 Å². The largest absolute Gasteiger partial charge is 0.483 e. The molecule has 0 radical (unpaired) electrons. The van der Waals surface area contributed by atoms with Crippen molar-refractivity contribution in [2.24, 2.45) is 0 Å². The van der Waals surface area contributed by atoms with Crippen LogP contribution in [0.2, 0.25) is 10.0 Å². The third-order valence-corrected chi connectivity index (χ3v) is 4.47. The number of carbonyl (C=O) groups is 2. The molecule has 2 aromatic carbocycles. The molecule has 2 amide bonds. The highest BCUT2D eigenvalue weighted by atomic mass is 35.5. The number of hydrogen-bond donors (Lipinski definition) is 2. The first kappa shape index (κ1) is 21.9. The normalized spacial score (nSPS) is 10.3. The van der Waals surface area contributed by atoms with Crippen LogP contribution in [0.3, 0.4) is 0 Å². The van der Waals surface area contributed by atoms with Crippen molar-refractivity contribution in [2.75, 3.05) is 26.3 Å². The molecule has 0 heterocycles. The molecule has 0 atom stereocenters. The summed E-state index contributed by atoms with van der Waals surface area (Å²) < 4.78 is 10.9. The van der Waals surface area contributed by atoms with Crippen LogP contribution in [0.25, 0.3) is 0 Å². The van der Waals surface area contributed by atoms with E-state index in [0.29, 0.717) is 21.5 Å². The Balaban J connectivity index is 1.61. The molecule has 8 heteroatoms. The Bertz CT molecular complexity index is 843. The van der Waals surface area contributed by atoms with Crippen molar-refractivity contribution in [1.29, 1.82) is 0 Å². The van der Waals surface area contributed by atoms with Crippen LogP contribution in [-0.4, -0.2) is 38.1 Å². The molecule has 0 aromatic heterocycles. The minimum atomic E-state index is -0.327. The van der Waals surface area contributed by atoms with Crippen LogP contribution in [0, 0.1) is 13.8 Å². The molecule has 0 fully saturated rings. The minimum Gasteiger partial charge on any atom is -0.483 e. The number of benzene rings is 2. The summed E-state index contributed by atoms with van der Waals surface area (Å²) in [7, 11) is 0. The molecule has 28 heavy (non-hydrogen) atoms. The van der Waals surface area contributed by atoms with Crippen LogP contribution in [0.5, 0.6) is 11.5 Å². The lowest BCUT2D eigenvalue weighted by atomic mass is 10.1. The summed E-state index contributed by atoms with van der Waals surface area (Å²) >= 11 is 11.8. The van der Waals surface area contributed by atoms with Crippen molar-refractivity contribution in [3.05, 3.63) is 57.6 Å². The van der Waals surface area contributed by atoms with Gasteiger partial charge in [0.25, 0.3) is 11.8 Å². The Kier molecular flexibility index (Phi) is 8.42. The Morgan fingerprint density at radius 2 is 1.50 bits per heavy atom. The number of ether oxygens (including phenoxy) is 2. The van der Waals surface area contributed by atoms with Gasteiger partial charge in [0, 0.05) is 18.1 Å². The molecule has 0 aliphatic rings. The van der Waals surface area contributed by atoms with Gasteiger partial charge < -0.3 is 20.1 Å². The number of amides is 2. The summed E-state index contributed by atoms with van der Waals surface area (Å²) in [5, 5.41) is 6.13. The van der Waals surface area contributed by atoms with Gasteiger partial charge in [0.15, 0.2) is 13.2 Å². The third-order valence-electron chi connectivity index (χ3n) is 3.94. The zero-order valence-corrected chi connectivity index (χ0v) is 17.2. The van der Waals surface area contributed by atoms with E-state index in [0.717, 1.165) is 11.1 Å². The van der Waals surface area contributed by atoms with E-state index in [1.54, 1.807) is 12.1 Å². The molecule has 150 valence electrons. The van der Waals surface area contributed by atoms with E-state index < -0.39 is 0 Å². The number of halogens is 2. The van der Waals surface area contributed by atoms with Crippen LogP contribution in [0.1, 0.15) is 11.1 Å². The van der Waals surface area contributed by atoms with E-state index in [2.05, 4.69) is 10.6 Å². The number of rotatable bonds is 9. The van der Waals surface area contributed by atoms with Crippen LogP contribution in [0.4, 0.5) is 0 Å². The quantitative estimate of drug-likeness (QED) is 0.605. The molecule has 0 aliphatic heterocycles. The van der Waals surface area contributed by atoms with Gasteiger partial charge in [-0.3, -0.25) is 9.59 Å². The summed E-state index contributed by atoms with van der Waals surface area (Å²) in [5.74, 6) is 0.464. The fourth-order valence-electron chi connectivity index (χ4n) is 2.27. The molecular formula is C20H22Cl2N2O4. The third kappa shape index (κ3) is 6.94. The number of carbonyl (C=O) groups excluding carboxylic acids is 2. The van der Waals surface area contributed by atoms with Gasteiger partial charge >= 0.3 is 0 Å². The maximum absolute atomic E-state index is 11.8. The van der Waals surface area contributed by atoms with E-state index in [1.807, 2.05) is 32.0 Å². The van der Waals surface area contributed by atoms with Gasteiger partial charge in [-0.25, -0.2) is 0 Å². The predicted octanol–water partition coefficient (Wildman–Crippen LogP) is 3.30. The molecule has 0 spiro atoms. The summed E-state index contributed by atoms with van der Waals surface area (Å²) in [6, 6.07) is 10.4. The zero-order chi connectivity index (χ0) is 20.5. The van der Waals surface area contributed by atoms with E-state index in [9.17, 15) is 9.59 Å². The summed E-state index contributed by atoms with van der Waals surface area (Å²) in [6.45, 7) is 4.20. The monoisotopic (exact) mass is 424 g/mol. The molecular weight excluding hydrogens is 403 g/mol. The lowest BCUT2D eigenvalue weighted by molar-refractivity contribution is -0.124. The zero-order valence-electron chi connectivity index (χ0n) is 15.7. The molecule has 0 bridgehead atoms. The van der Waals surface area contributed by atoms with Crippen LogP contribution in [-0.2, 0) is 9.59 Å². The van der Waals surface area contributed by atoms with Gasteiger partial charge in [-0.15, -0.1) is 0 Å². The van der Waals surface area contributed by atoms with E-state index in [1.165, 1.54) is 6.07 Å². The topological polar surface area (TPSA) is 76.7 Å². The average molecular weight is 425 g/mol. The molecule has 2 aromatic rings. The highest BCUT2D eigenvalue weighted by Gasteiger charge is 2.08. The second-order valence-corrected chi connectivity index (χ2v) is 6.89. The summed E-state index contributed by atoms with van der Waals surface area (Å²) in [6.07, 6.45) is 0. The first-order chi connectivity index (χ1) is 13.4. The maximum atomic E-state index is 11.8. The second-order valence-electron chi connectivity index (χ2n) is 6.05. The highest BCUT2D eigenvalue weighted by molar-refractivity contribution is 6.35. The lowest BCUT2D eigenvalue weighted by Gasteiger charge is -2.11. The summed E-state index contributed by atoms with van der Waals surface area (Å²) in [4.78, 5) is 23.6. The molecule has 6 nitrogen and oxygen atoms in total. The van der Waals surface area contributed by atoms with Gasteiger partial charge in [-0.2, -0.15) is 0 Å². The van der Waals surface area contributed by atoms with Gasteiger partial charge in [0.05, 0.1) is 5.02 Å². The predicted molar refractivity (Wildman–Crippen MR) is 109 cm³/mol.